The molecule has 5 nitrogen and oxygen atoms in total. The van der Waals surface area contributed by atoms with E-state index in [-0.39, 0.29) is 6.04 Å². The van der Waals surface area contributed by atoms with Gasteiger partial charge in [-0.15, -0.1) is 0 Å². The maximum Gasteiger partial charge on any atom is 0.181 e. The first kappa shape index (κ1) is 20.8. The van der Waals surface area contributed by atoms with Gasteiger partial charge in [0.05, 0.1) is 0 Å². The molecule has 1 heterocycles. The molecule has 3 aromatic carbocycles. The number of aromatic nitrogens is 3. The summed E-state index contributed by atoms with van der Waals surface area (Å²) in [4.78, 5) is 4.97. The summed E-state index contributed by atoms with van der Waals surface area (Å²) in [6.07, 6.45) is 0.985. The Bertz CT molecular complexity index is 1160. The second-order valence-electron chi connectivity index (χ2n) is 7.81. The maximum atomic E-state index is 5.76. The SMILES string of the molecule is CCc1cccc(C(Nc2ccc(CN)cc2)c2nc(-c3ccccc3C)nn2C)c1. The molecule has 1 atom stereocenters. The van der Waals surface area contributed by atoms with Gasteiger partial charge in [0.25, 0.3) is 0 Å². The first-order valence-corrected chi connectivity index (χ1v) is 10.7. The quantitative estimate of drug-likeness (QED) is 0.448. The van der Waals surface area contributed by atoms with Crippen molar-refractivity contribution < 1.29 is 0 Å². The van der Waals surface area contributed by atoms with Gasteiger partial charge in [0.2, 0.25) is 0 Å². The Hall–Kier alpha value is -3.44. The van der Waals surface area contributed by atoms with E-state index in [4.69, 9.17) is 15.8 Å². The summed E-state index contributed by atoms with van der Waals surface area (Å²) in [5.74, 6) is 1.61. The molecule has 3 N–H and O–H groups in total. The fourth-order valence-electron chi connectivity index (χ4n) is 3.78. The van der Waals surface area contributed by atoms with E-state index in [0.717, 1.165) is 46.0 Å². The lowest BCUT2D eigenvalue weighted by atomic mass is 10.0. The van der Waals surface area contributed by atoms with Crippen molar-refractivity contribution in [3.05, 3.63) is 101 Å². The van der Waals surface area contributed by atoms with Crippen molar-refractivity contribution in [1.82, 2.24) is 14.8 Å². The molecule has 0 saturated heterocycles. The molecule has 0 fully saturated rings. The molecule has 158 valence electrons. The van der Waals surface area contributed by atoms with Crippen molar-refractivity contribution in [3.8, 4) is 11.4 Å². The number of anilines is 1. The number of nitrogens with zero attached hydrogens (tertiary/aromatic N) is 3. The average Bonchev–Trinajstić information content (AvgIpc) is 3.19. The van der Waals surface area contributed by atoms with Crippen LogP contribution in [0.25, 0.3) is 11.4 Å². The molecule has 31 heavy (non-hydrogen) atoms. The number of hydrogen-bond donors (Lipinski definition) is 2. The van der Waals surface area contributed by atoms with Gasteiger partial charge in [-0.25, -0.2) is 4.98 Å². The summed E-state index contributed by atoms with van der Waals surface area (Å²) in [6.45, 7) is 4.79. The van der Waals surface area contributed by atoms with E-state index < -0.39 is 0 Å². The van der Waals surface area contributed by atoms with E-state index in [1.54, 1.807) is 0 Å². The van der Waals surface area contributed by atoms with E-state index >= 15 is 0 Å². The Labute approximate surface area is 184 Å². The van der Waals surface area contributed by atoms with E-state index in [1.165, 1.54) is 5.56 Å². The highest BCUT2D eigenvalue weighted by atomic mass is 15.3. The highest BCUT2D eigenvalue weighted by Gasteiger charge is 2.22. The van der Waals surface area contributed by atoms with Crippen LogP contribution in [-0.4, -0.2) is 14.8 Å². The van der Waals surface area contributed by atoms with Gasteiger partial charge in [0, 0.05) is 24.8 Å². The smallest absolute Gasteiger partial charge is 0.181 e. The van der Waals surface area contributed by atoms with Crippen LogP contribution in [0.5, 0.6) is 0 Å². The fraction of sp³-hybridized carbons (Fsp3) is 0.231. The van der Waals surface area contributed by atoms with Crippen LogP contribution in [0.2, 0.25) is 0 Å². The van der Waals surface area contributed by atoms with Gasteiger partial charge >= 0.3 is 0 Å². The van der Waals surface area contributed by atoms with Gasteiger partial charge < -0.3 is 11.1 Å². The highest BCUT2D eigenvalue weighted by molar-refractivity contribution is 5.60. The first-order valence-electron chi connectivity index (χ1n) is 10.7. The van der Waals surface area contributed by atoms with Crippen molar-refractivity contribution in [2.45, 2.75) is 32.9 Å². The minimum atomic E-state index is -0.134. The lowest BCUT2D eigenvalue weighted by Gasteiger charge is -2.20. The summed E-state index contributed by atoms with van der Waals surface area (Å²) in [6, 6.07) is 25.0. The van der Waals surface area contributed by atoms with Crippen molar-refractivity contribution in [1.29, 1.82) is 0 Å². The molecule has 0 aliphatic heterocycles. The Kier molecular flexibility index (Phi) is 6.14. The normalized spacial score (nSPS) is 12.0. The van der Waals surface area contributed by atoms with Gasteiger partial charge in [0.15, 0.2) is 11.6 Å². The van der Waals surface area contributed by atoms with Crippen molar-refractivity contribution >= 4 is 5.69 Å². The number of aryl methyl sites for hydroxylation is 3. The Morgan fingerprint density at radius 3 is 2.45 bits per heavy atom. The van der Waals surface area contributed by atoms with Gasteiger partial charge in [-0.05, 0) is 47.7 Å². The lowest BCUT2D eigenvalue weighted by molar-refractivity contribution is 0.678. The van der Waals surface area contributed by atoms with E-state index in [0.29, 0.717) is 6.54 Å². The summed E-state index contributed by atoms with van der Waals surface area (Å²) >= 11 is 0. The molecule has 0 bridgehead atoms. The fourth-order valence-corrected chi connectivity index (χ4v) is 3.78. The summed E-state index contributed by atoms with van der Waals surface area (Å²) < 4.78 is 1.88. The second-order valence-corrected chi connectivity index (χ2v) is 7.81. The van der Waals surface area contributed by atoms with Crippen LogP contribution in [0, 0.1) is 6.92 Å². The molecule has 1 aromatic heterocycles. The van der Waals surface area contributed by atoms with Gasteiger partial charge in [-0.3, -0.25) is 4.68 Å². The highest BCUT2D eigenvalue weighted by Crippen LogP contribution is 2.29. The first-order chi connectivity index (χ1) is 15.1. The minimum absolute atomic E-state index is 0.134. The molecule has 4 rings (SSSR count). The molecule has 0 amide bonds. The van der Waals surface area contributed by atoms with Crippen LogP contribution in [0.4, 0.5) is 5.69 Å². The van der Waals surface area contributed by atoms with Crippen molar-refractivity contribution in [2.24, 2.45) is 12.8 Å². The van der Waals surface area contributed by atoms with Crippen LogP contribution in [0.3, 0.4) is 0 Å². The predicted molar refractivity (Wildman–Crippen MR) is 127 cm³/mol. The van der Waals surface area contributed by atoms with Gasteiger partial charge in [-0.1, -0.05) is 67.6 Å². The zero-order valence-corrected chi connectivity index (χ0v) is 18.3. The molecule has 0 aliphatic rings. The molecule has 4 aromatic rings. The van der Waals surface area contributed by atoms with E-state index in [2.05, 4.69) is 79.8 Å². The summed E-state index contributed by atoms with van der Waals surface area (Å²) in [5, 5.41) is 8.42. The standard InChI is InChI=1S/C26H29N5/c1-4-19-9-7-10-21(16-19)24(28-22-14-12-20(17-27)13-15-22)26-29-25(30-31(26)3)23-11-6-5-8-18(23)2/h5-16,24,28H,4,17,27H2,1-3H3. The third-order valence-electron chi connectivity index (χ3n) is 5.63. The average molecular weight is 412 g/mol. The molecular formula is C26H29N5. The third kappa shape index (κ3) is 4.52. The molecule has 1 unspecified atom stereocenters. The molecule has 5 heteroatoms. The molecular weight excluding hydrogens is 382 g/mol. The van der Waals surface area contributed by atoms with Crippen LogP contribution in [-0.2, 0) is 20.0 Å². The third-order valence-corrected chi connectivity index (χ3v) is 5.63. The summed E-state index contributed by atoms with van der Waals surface area (Å²) in [7, 11) is 1.96. The number of rotatable bonds is 7. The zero-order valence-electron chi connectivity index (χ0n) is 18.3. The largest absolute Gasteiger partial charge is 0.371 e. The zero-order chi connectivity index (χ0) is 21.8. The van der Waals surface area contributed by atoms with E-state index in [1.807, 2.05) is 23.9 Å². The number of nitrogens with one attached hydrogen (secondary N) is 1. The van der Waals surface area contributed by atoms with Crippen LogP contribution in [0.15, 0.2) is 72.8 Å². The molecule has 0 spiro atoms. The molecule has 0 saturated carbocycles. The molecule has 0 aliphatic carbocycles. The minimum Gasteiger partial charge on any atom is -0.371 e. The number of nitrogens with two attached hydrogens (primary N) is 1. The molecule has 0 radical (unpaired) electrons. The second kappa shape index (κ2) is 9.14. The Balaban J connectivity index is 1.77. The van der Waals surface area contributed by atoms with E-state index in [9.17, 15) is 0 Å². The van der Waals surface area contributed by atoms with Crippen LogP contribution >= 0.6 is 0 Å². The van der Waals surface area contributed by atoms with Gasteiger partial charge in [-0.2, -0.15) is 5.10 Å². The number of hydrogen-bond acceptors (Lipinski definition) is 4. The maximum absolute atomic E-state index is 5.76. The number of benzene rings is 3. The van der Waals surface area contributed by atoms with Crippen molar-refractivity contribution in [3.63, 3.8) is 0 Å². The van der Waals surface area contributed by atoms with Crippen LogP contribution in [0.1, 0.15) is 41.0 Å². The van der Waals surface area contributed by atoms with Gasteiger partial charge in [0.1, 0.15) is 6.04 Å². The lowest BCUT2D eigenvalue weighted by Crippen LogP contribution is -2.17. The van der Waals surface area contributed by atoms with Crippen LogP contribution < -0.4 is 11.1 Å². The monoisotopic (exact) mass is 411 g/mol. The Morgan fingerprint density at radius 2 is 1.74 bits per heavy atom. The van der Waals surface area contributed by atoms with Crippen molar-refractivity contribution in [2.75, 3.05) is 5.32 Å². The Morgan fingerprint density at radius 1 is 0.968 bits per heavy atom. The summed E-state index contributed by atoms with van der Waals surface area (Å²) in [5.41, 5.74) is 12.6. The predicted octanol–water partition coefficient (Wildman–Crippen LogP) is 5.01. The topological polar surface area (TPSA) is 68.8 Å².